The Morgan fingerprint density at radius 2 is 2.33 bits per heavy atom. The van der Waals surface area contributed by atoms with Gasteiger partial charge in [0.25, 0.3) is 0 Å². The number of aromatic amines is 1. The van der Waals surface area contributed by atoms with E-state index >= 15 is 0 Å². The molecular weight excluding hydrogens is 230 g/mol. The zero-order valence-electron chi connectivity index (χ0n) is 10.7. The Bertz CT molecular complexity index is 622. The molecule has 1 N–H and O–H groups in total. The molecule has 0 spiro atoms. The average molecular weight is 245 g/mol. The quantitative estimate of drug-likeness (QED) is 0.781. The molecule has 0 unspecified atom stereocenters. The first-order chi connectivity index (χ1) is 8.54. The molecule has 0 saturated carbocycles. The van der Waals surface area contributed by atoms with Gasteiger partial charge in [0.2, 0.25) is 0 Å². The number of nitrogens with one attached hydrogen (secondary N) is 1. The van der Waals surface area contributed by atoms with Crippen molar-refractivity contribution >= 4 is 5.97 Å². The van der Waals surface area contributed by atoms with E-state index in [0.717, 1.165) is 23.5 Å². The van der Waals surface area contributed by atoms with Gasteiger partial charge in [-0.15, -0.1) is 0 Å². The lowest BCUT2D eigenvalue weighted by atomic mass is 9.91. The van der Waals surface area contributed by atoms with Gasteiger partial charge < -0.3 is 14.3 Å². The Balaban J connectivity index is 2.24. The first-order valence-electron chi connectivity index (χ1n) is 5.87. The molecule has 0 aliphatic carbocycles. The number of H-pyrrole nitrogens is 1. The van der Waals surface area contributed by atoms with Gasteiger partial charge in [-0.25, -0.2) is 9.78 Å². The molecule has 1 aliphatic heterocycles. The van der Waals surface area contributed by atoms with Crippen molar-refractivity contribution in [3.05, 3.63) is 29.8 Å². The largest absolute Gasteiger partial charge is 0.465 e. The fourth-order valence-electron chi connectivity index (χ4n) is 2.63. The second kappa shape index (κ2) is 3.48. The van der Waals surface area contributed by atoms with Crippen LogP contribution >= 0.6 is 0 Å². The third-order valence-electron chi connectivity index (χ3n) is 3.49. The van der Waals surface area contributed by atoms with Gasteiger partial charge in [0.15, 0.2) is 0 Å². The monoisotopic (exact) mass is 245 g/mol. The van der Waals surface area contributed by atoms with Gasteiger partial charge >= 0.3 is 5.97 Å². The molecule has 0 atom stereocenters. The smallest absolute Gasteiger partial charge is 0.340 e. The highest BCUT2D eigenvalue weighted by atomic mass is 16.5. The number of methoxy groups -OCH3 is 1. The van der Waals surface area contributed by atoms with Crippen molar-refractivity contribution in [3.8, 4) is 11.4 Å². The fourth-order valence-corrected chi connectivity index (χ4v) is 2.63. The standard InChI is InChI=1S/C13H15N3O2/c1-13(2)6-9-10(11-14-4-5-16(11)13)8(7-15-9)12(17)18-3/h4-5,7,15H,6H2,1-3H3. The van der Waals surface area contributed by atoms with Crippen LogP contribution in [0.25, 0.3) is 11.4 Å². The number of imidazole rings is 1. The van der Waals surface area contributed by atoms with E-state index in [2.05, 4.69) is 28.4 Å². The lowest BCUT2D eigenvalue weighted by Crippen LogP contribution is -2.32. The molecular formula is C13H15N3O2. The summed E-state index contributed by atoms with van der Waals surface area (Å²) in [5.74, 6) is 0.490. The lowest BCUT2D eigenvalue weighted by Gasteiger charge is -2.32. The summed E-state index contributed by atoms with van der Waals surface area (Å²) in [6.45, 7) is 4.31. The van der Waals surface area contributed by atoms with Gasteiger partial charge in [-0.05, 0) is 13.8 Å². The molecule has 0 saturated heterocycles. The molecule has 5 nitrogen and oxygen atoms in total. The van der Waals surface area contributed by atoms with E-state index in [9.17, 15) is 4.79 Å². The highest BCUT2D eigenvalue weighted by Crippen LogP contribution is 2.38. The number of nitrogens with zero attached hydrogens (tertiary/aromatic N) is 2. The Morgan fingerprint density at radius 1 is 1.56 bits per heavy atom. The number of aromatic nitrogens is 3. The van der Waals surface area contributed by atoms with Crippen LogP contribution in [-0.4, -0.2) is 27.6 Å². The maximum atomic E-state index is 11.8. The maximum absolute atomic E-state index is 11.8. The number of hydrogen-bond donors (Lipinski definition) is 1. The third kappa shape index (κ3) is 1.33. The van der Waals surface area contributed by atoms with E-state index in [1.54, 1.807) is 12.4 Å². The van der Waals surface area contributed by atoms with Gasteiger partial charge in [0.05, 0.1) is 18.2 Å². The SMILES string of the molecule is COC(=O)c1c[nH]c2c1-c1nccn1C(C)(C)C2. The summed E-state index contributed by atoms with van der Waals surface area (Å²) < 4.78 is 6.92. The Labute approximate surface area is 105 Å². The Morgan fingerprint density at radius 3 is 3.06 bits per heavy atom. The highest BCUT2D eigenvalue weighted by Gasteiger charge is 2.34. The van der Waals surface area contributed by atoms with Gasteiger partial charge in [-0.3, -0.25) is 0 Å². The average Bonchev–Trinajstić information content (AvgIpc) is 2.92. The summed E-state index contributed by atoms with van der Waals surface area (Å²) >= 11 is 0. The predicted molar refractivity (Wildman–Crippen MR) is 66.4 cm³/mol. The third-order valence-corrected chi connectivity index (χ3v) is 3.49. The first-order valence-corrected chi connectivity index (χ1v) is 5.87. The van der Waals surface area contributed by atoms with E-state index in [0.29, 0.717) is 5.56 Å². The Hall–Kier alpha value is -2.04. The molecule has 0 bridgehead atoms. The number of carbonyl (C=O) groups is 1. The van der Waals surface area contributed by atoms with Crippen molar-refractivity contribution < 1.29 is 9.53 Å². The van der Waals surface area contributed by atoms with E-state index in [1.807, 2.05) is 6.20 Å². The van der Waals surface area contributed by atoms with Gasteiger partial charge in [-0.2, -0.15) is 0 Å². The summed E-state index contributed by atoms with van der Waals surface area (Å²) in [5.41, 5.74) is 2.41. The van der Waals surface area contributed by atoms with Gasteiger partial charge in [-0.1, -0.05) is 0 Å². The van der Waals surface area contributed by atoms with Crippen molar-refractivity contribution in [2.24, 2.45) is 0 Å². The van der Waals surface area contributed by atoms with Crippen LogP contribution in [0.4, 0.5) is 0 Å². The topological polar surface area (TPSA) is 59.9 Å². The molecule has 0 amide bonds. The fraction of sp³-hybridized carbons (Fsp3) is 0.385. The minimum atomic E-state index is -0.332. The van der Waals surface area contributed by atoms with Crippen LogP contribution in [0, 0.1) is 0 Å². The summed E-state index contributed by atoms with van der Waals surface area (Å²) in [6, 6.07) is 0. The molecule has 94 valence electrons. The molecule has 2 aromatic heterocycles. The number of esters is 1. The first kappa shape index (κ1) is 11.1. The van der Waals surface area contributed by atoms with E-state index in [4.69, 9.17) is 4.74 Å². The van der Waals surface area contributed by atoms with Crippen LogP contribution in [-0.2, 0) is 16.7 Å². The lowest BCUT2D eigenvalue weighted by molar-refractivity contribution is 0.0601. The second-order valence-corrected chi connectivity index (χ2v) is 5.16. The molecule has 18 heavy (non-hydrogen) atoms. The van der Waals surface area contributed by atoms with Gasteiger partial charge in [0, 0.05) is 36.2 Å². The van der Waals surface area contributed by atoms with Crippen molar-refractivity contribution in [1.29, 1.82) is 0 Å². The van der Waals surface area contributed by atoms with Crippen LogP contribution in [0.1, 0.15) is 29.9 Å². The molecule has 0 aromatic carbocycles. The van der Waals surface area contributed by atoms with Crippen molar-refractivity contribution in [1.82, 2.24) is 14.5 Å². The van der Waals surface area contributed by atoms with Crippen molar-refractivity contribution in [2.75, 3.05) is 7.11 Å². The maximum Gasteiger partial charge on any atom is 0.340 e. The van der Waals surface area contributed by atoms with Crippen LogP contribution in [0.3, 0.4) is 0 Å². The summed E-state index contributed by atoms with van der Waals surface area (Å²) in [5, 5.41) is 0. The van der Waals surface area contributed by atoms with Crippen LogP contribution in [0.15, 0.2) is 18.6 Å². The highest BCUT2D eigenvalue weighted by molar-refractivity contribution is 5.97. The molecule has 3 rings (SSSR count). The zero-order valence-corrected chi connectivity index (χ0v) is 10.7. The Kier molecular flexibility index (Phi) is 2.14. The van der Waals surface area contributed by atoms with E-state index < -0.39 is 0 Å². The second-order valence-electron chi connectivity index (χ2n) is 5.16. The molecule has 3 heterocycles. The van der Waals surface area contributed by atoms with Crippen molar-refractivity contribution in [3.63, 3.8) is 0 Å². The van der Waals surface area contributed by atoms with Crippen LogP contribution in [0.2, 0.25) is 0 Å². The van der Waals surface area contributed by atoms with Crippen LogP contribution in [0.5, 0.6) is 0 Å². The predicted octanol–water partition coefficient (Wildman–Crippen LogP) is 1.96. The summed E-state index contributed by atoms with van der Waals surface area (Å²) in [7, 11) is 1.39. The minimum Gasteiger partial charge on any atom is -0.465 e. The molecule has 2 aromatic rings. The van der Waals surface area contributed by atoms with E-state index in [-0.39, 0.29) is 11.5 Å². The summed E-state index contributed by atoms with van der Waals surface area (Å²) in [4.78, 5) is 19.3. The number of fused-ring (bicyclic) bond motifs is 3. The van der Waals surface area contributed by atoms with Crippen LogP contribution < -0.4 is 0 Å². The van der Waals surface area contributed by atoms with E-state index in [1.165, 1.54) is 7.11 Å². The summed E-state index contributed by atoms with van der Waals surface area (Å²) in [6.07, 6.45) is 6.26. The molecule has 0 fully saturated rings. The number of ether oxygens (including phenoxy) is 1. The molecule has 0 radical (unpaired) electrons. The van der Waals surface area contributed by atoms with Gasteiger partial charge in [0.1, 0.15) is 5.82 Å². The number of rotatable bonds is 1. The normalized spacial score (nSPS) is 15.9. The zero-order chi connectivity index (χ0) is 12.9. The minimum absolute atomic E-state index is 0.0446. The number of carbonyl (C=O) groups excluding carboxylic acids is 1. The molecule has 1 aliphatic rings. The molecule has 5 heteroatoms. The van der Waals surface area contributed by atoms with Crippen molar-refractivity contribution in [2.45, 2.75) is 25.8 Å². The number of hydrogen-bond acceptors (Lipinski definition) is 3.